The van der Waals surface area contributed by atoms with Crippen molar-refractivity contribution in [2.24, 2.45) is 5.92 Å². The molecule has 0 saturated heterocycles. The molecule has 0 aromatic heterocycles. The smallest absolute Gasteiger partial charge is 0.306 e. The van der Waals surface area contributed by atoms with E-state index in [0.717, 1.165) is 24.3 Å². The van der Waals surface area contributed by atoms with Crippen molar-refractivity contribution in [3.05, 3.63) is 23.8 Å². The van der Waals surface area contributed by atoms with Crippen molar-refractivity contribution in [3.8, 4) is 11.5 Å². The first-order valence-electron chi connectivity index (χ1n) is 7.44. The van der Waals surface area contributed by atoms with E-state index in [0.29, 0.717) is 19.1 Å². The number of benzene rings is 1. The molecule has 0 bridgehead atoms. The Labute approximate surface area is 126 Å². The Morgan fingerprint density at radius 2 is 2.00 bits per heavy atom. The normalized spacial score (nSPS) is 14.9. The van der Waals surface area contributed by atoms with Crippen LogP contribution in [0.1, 0.15) is 46.1 Å². The van der Waals surface area contributed by atoms with Crippen molar-refractivity contribution in [1.29, 1.82) is 0 Å². The van der Waals surface area contributed by atoms with Crippen LogP contribution < -0.4 is 9.47 Å². The van der Waals surface area contributed by atoms with Crippen LogP contribution in [0.15, 0.2) is 18.2 Å². The van der Waals surface area contributed by atoms with Gasteiger partial charge in [0.15, 0.2) is 11.5 Å². The van der Waals surface area contributed by atoms with Crippen LogP contribution in [0, 0.1) is 5.92 Å². The second-order valence-corrected chi connectivity index (χ2v) is 6.62. The Morgan fingerprint density at radius 1 is 1.29 bits per heavy atom. The van der Waals surface area contributed by atoms with E-state index in [2.05, 4.69) is 13.0 Å². The van der Waals surface area contributed by atoms with E-state index in [1.807, 2.05) is 32.9 Å². The molecule has 1 aliphatic rings. The van der Waals surface area contributed by atoms with Gasteiger partial charge >= 0.3 is 5.97 Å². The third-order valence-corrected chi connectivity index (χ3v) is 3.28. The number of hydrogen-bond acceptors (Lipinski definition) is 4. The molecule has 0 unspecified atom stereocenters. The van der Waals surface area contributed by atoms with Crippen LogP contribution in [0.25, 0.3) is 0 Å². The van der Waals surface area contributed by atoms with Gasteiger partial charge in [-0.3, -0.25) is 4.79 Å². The van der Waals surface area contributed by atoms with E-state index >= 15 is 0 Å². The van der Waals surface area contributed by atoms with Crippen molar-refractivity contribution in [3.63, 3.8) is 0 Å². The molecule has 2 rings (SSSR count). The summed E-state index contributed by atoms with van der Waals surface area (Å²) in [6, 6.07) is 6.02. The molecule has 116 valence electrons. The molecule has 1 aromatic carbocycles. The molecular formula is C17H24O4. The third kappa shape index (κ3) is 4.96. The standard InChI is InChI=1S/C17H24O4/c1-12(5-8-16(18)21-17(2,3)4)9-13-6-7-14-15(10-13)20-11-19-14/h6-7,10,12H,5,8-9,11H2,1-4H3/t12-/m0/s1. The summed E-state index contributed by atoms with van der Waals surface area (Å²) in [5.41, 5.74) is 0.799. The predicted molar refractivity (Wildman–Crippen MR) is 80.5 cm³/mol. The van der Waals surface area contributed by atoms with Gasteiger partial charge in [0.25, 0.3) is 0 Å². The van der Waals surface area contributed by atoms with E-state index in [1.165, 1.54) is 5.56 Å². The van der Waals surface area contributed by atoms with Crippen LogP contribution in [0.2, 0.25) is 0 Å². The maximum atomic E-state index is 11.7. The number of carbonyl (C=O) groups is 1. The first kappa shape index (κ1) is 15.7. The zero-order chi connectivity index (χ0) is 15.5. The first-order chi connectivity index (χ1) is 9.83. The summed E-state index contributed by atoms with van der Waals surface area (Å²) in [4.78, 5) is 11.7. The monoisotopic (exact) mass is 292 g/mol. The second kappa shape index (κ2) is 6.37. The van der Waals surface area contributed by atoms with Gasteiger partial charge in [-0.15, -0.1) is 0 Å². The Kier molecular flexibility index (Phi) is 4.76. The summed E-state index contributed by atoms with van der Waals surface area (Å²) in [5, 5.41) is 0. The molecule has 0 saturated carbocycles. The third-order valence-electron chi connectivity index (χ3n) is 3.28. The Balaban J connectivity index is 1.79. The number of rotatable bonds is 5. The fraction of sp³-hybridized carbons (Fsp3) is 0.588. The van der Waals surface area contributed by atoms with Crippen molar-refractivity contribution in [2.45, 2.75) is 52.6 Å². The Bertz CT molecular complexity index is 502. The maximum Gasteiger partial charge on any atom is 0.306 e. The van der Waals surface area contributed by atoms with E-state index in [9.17, 15) is 4.79 Å². The highest BCUT2D eigenvalue weighted by molar-refractivity contribution is 5.69. The summed E-state index contributed by atoms with van der Waals surface area (Å²) in [7, 11) is 0. The second-order valence-electron chi connectivity index (χ2n) is 6.62. The van der Waals surface area contributed by atoms with E-state index in [-0.39, 0.29) is 5.97 Å². The lowest BCUT2D eigenvalue weighted by molar-refractivity contribution is -0.155. The predicted octanol–water partition coefficient (Wildman–Crippen LogP) is 3.72. The highest BCUT2D eigenvalue weighted by atomic mass is 16.7. The number of carbonyl (C=O) groups excluding carboxylic acids is 1. The summed E-state index contributed by atoms with van der Waals surface area (Å²) >= 11 is 0. The zero-order valence-corrected chi connectivity index (χ0v) is 13.3. The van der Waals surface area contributed by atoms with Crippen LogP contribution in [-0.2, 0) is 16.0 Å². The number of esters is 1. The summed E-state index contributed by atoms with van der Waals surface area (Å²) in [6.07, 6.45) is 2.20. The summed E-state index contributed by atoms with van der Waals surface area (Å²) in [5.74, 6) is 1.91. The molecule has 0 spiro atoms. The minimum atomic E-state index is -0.405. The van der Waals surface area contributed by atoms with E-state index < -0.39 is 5.60 Å². The molecule has 1 aromatic rings. The van der Waals surface area contributed by atoms with E-state index in [4.69, 9.17) is 14.2 Å². The van der Waals surface area contributed by atoms with Gasteiger partial charge in [0.1, 0.15) is 5.60 Å². The van der Waals surface area contributed by atoms with Crippen molar-refractivity contribution < 1.29 is 19.0 Å². The van der Waals surface area contributed by atoms with Crippen LogP contribution in [-0.4, -0.2) is 18.4 Å². The fourth-order valence-electron chi connectivity index (χ4n) is 2.33. The van der Waals surface area contributed by atoms with Gasteiger partial charge in [-0.25, -0.2) is 0 Å². The van der Waals surface area contributed by atoms with Gasteiger partial charge in [-0.2, -0.15) is 0 Å². The lowest BCUT2D eigenvalue weighted by Crippen LogP contribution is -2.24. The average Bonchev–Trinajstić information content (AvgIpc) is 2.81. The quantitative estimate of drug-likeness (QED) is 0.776. The van der Waals surface area contributed by atoms with Crippen LogP contribution in [0.3, 0.4) is 0 Å². The maximum absolute atomic E-state index is 11.7. The van der Waals surface area contributed by atoms with Crippen molar-refractivity contribution in [1.82, 2.24) is 0 Å². The molecule has 0 radical (unpaired) electrons. The fourth-order valence-corrected chi connectivity index (χ4v) is 2.33. The minimum absolute atomic E-state index is 0.125. The first-order valence-corrected chi connectivity index (χ1v) is 7.44. The molecule has 4 nitrogen and oxygen atoms in total. The summed E-state index contributed by atoms with van der Waals surface area (Å²) in [6.45, 7) is 8.12. The highest BCUT2D eigenvalue weighted by Gasteiger charge is 2.18. The van der Waals surface area contributed by atoms with Gasteiger partial charge in [-0.1, -0.05) is 13.0 Å². The molecular weight excluding hydrogens is 268 g/mol. The molecule has 0 N–H and O–H groups in total. The molecule has 0 fully saturated rings. The highest BCUT2D eigenvalue weighted by Crippen LogP contribution is 2.33. The molecule has 1 aliphatic heterocycles. The Hall–Kier alpha value is -1.71. The van der Waals surface area contributed by atoms with Gasteiger partial charge in [0.2, 0.25) is 6.79 Å². The summed E-state index contributed by atoms with van der Waals surface area (Å²) < 4.78 is 16.0. The molecule has 0 amide bonds. The van der Waals surface area contributed by atoms with Gasteiger partial charge in [0, 0.05) is 6.42 Å². The van der Waals surface area contributed by atoms with Crippen LogP contribution in [0.5, 0.6) is 11.5 Å². The molecule has 21 heavy (non-hydrogen) atoms. The lowest BCUT2D eigenvalue weighted by atomic mass is 9.96. The van der Waals surface area contributed by atoms with Gasteiger partial charge < -0.3 is 14.2 Å². The number of hydrogen-bond donors (Lipinski definition) is 0. The molecule has 0 aliphatic carbocycles. The van der Waals surface area contributed by atoms with Crippen LogP contribution >= 0.6 is 0 Å². The Morgan fingerprint density at radius 3 is 2.71 bits per heavy atom. The van der Waals surface area contributed by atoms with Crippen molar-refractivity contribution in [2.75, 3.05) is 6.79 Å². The topological polar surface area (TPSA) is 44.8 Å². The van der Waals surface area contributed by atoms with E-state index in [1.54, 1.807) is 0 Å². The van der Waals surface area contributed by atoms with Crippen LogP contribution in [0.4, 0.5) is 0 Å². The molecule has 1 heterocycles. The SMILES string of the molecule is C[C@@H](CCC(=O)OC(C)(C)C)Cc1ccc2c(c1)OCO2. The lowest BCUT2D eigenvalue weighted by Gasteiger charge is -2.20. The average molecular weight is 292 g/mol. The van der Waals surface area contributed by atoms with Crippen molar-refractivity contribution >= 4 is 5.97 Å². The molecule has 1 atom stereocenters. The van der Waals surface area contributed by atoms with Gasteiger partial charge in [-0.05, 0) is 57.2 Å². The number of fused-ring (bicyclic) bond motifs is 1. The minimum Gasteiger partial charge on any atom is -0.460 e. The number of ether oxygens (including phenoxy) is 3. The largest absolute Gasteiger partial charge is 0.460 e. The van der Waals surface area contributed by atoms with Gasteiger partial charge in [0.05, 0.1) is 0 Å². The molecule has 4 heteroatoms. The zero-order valence-electron chi connectivity index (χ0n) is 13.3.